The highest BCUT2D eigenvalue weighted by atomic mass is 19.1. The van der Waals surface area contributed by atoms with Crippen molar-refractivity contribution in [1.29, 1.82) is 0 Å². The van der Waals surface area contributed by atoms with E-state index in [1.54, 1.807) is 12.0 Å². The smallest absolute Gasteiger partial charge is 0.322 e. The quantitative estimate of drug-likeness (QED) is 0.620. The Kier molecular flexibility index (Phi) is 8.99. The van der Waals surface area contributed by atoms with Gasteiger partial charge in [-0.2, -0.15) is 0 Å². The van der Waals surface area contributed by atoms with Gasteiger partial charge in [-0.3, -0.25) is 4.79 Å². The van der Waals surface area contributed by atoms with Crippen LogP contribution >= 0.6 is 0 Å². The van der Waals surface area contributed by atoms with Crippen LogP contribution in [0.4, 0.5) is 19.3 Å². The van der Waals surface area contributed by atoms with Gasteiger partial charge in [0.1, 0.15) is 18.2 Å². The molecule has 0 atom stereocenters. The number of urea groups is 1. The number of carbonyl (C=O) groups excluding carboxylic acids is 2. The lowest BCUT2D eigenvalue weighted by Crippen LogP contribution is -2.46. The van der Waals surface area contributed by atoms with Crippen molar-refractivity contribution in [3.63, 3.8) is 0 Å². The number of amides is 3. The summed E-state index contributed by atoms with van der Waals surface area (Å²) in [6.45, 7) is 5.03. The first-order valence-electron chi connectivity index (χ1n) is 10.1. The largest absolute Gasteiger partial charge is 0.383 e. The third-order valence-corrected chi connectivity index (χ3v) is 4.69. The minimum atomic E-state index is -0.880. The molecule has 0 radical (unpaired) electrons. The summed E-state index contributed by atoms with van der Waals surface area (Å²) in [6, 6.07) is 6.09. The van der Waals surface area contributed by atoms with Crippen molar-refractivity contribution < 1.29 is 23.1 Å². The van der Waals surface area contributed by atoms with Gasteiger partial charge in [-0.1, -0.05) is 13.8 Å². The fourth-order valence-corrected chi connectivity index (χ4v) is 3.06. The molecule has 2 aromatic rings. The molecule has 0 spiro atoms. The number of carbonyl (C=O) groups is 2. The Morgan fingerprint density at radius 1 is 1.19 bits per heavy atom. The summed E-state index contributed by atoms with van der Waals surface area (Å²) in [5, 5.41) is 2.43. The predicted octanol–water partition coefficient (Wildman–Crippen LogP) is 3.47. The van der Waals surface area contributed by atoms with Gasteiger partial charge in [0.05, 0.1) is 18.8 Å². The summed E-state index contributed by atoms with van der Waals surface area (Å²) in [6.07, 6.45) is 1.89. The van der Waals surface area contributed by atoms with Gasteiger partial charge in [0.2, 0.25) is 5.91 Å². The Hall–Kier alpha value is -2.94. The second kappa shape index (κ2) is 11.5. The minimum Gasteiger partial charge on any atom is -0.383 e. The van der Waals surface area contributed by atoms with Gasteiger partial charge in [0, 0.05) is 45.2 Å². The molecule has 0 aliphatic carbocycles. The minimum absolute atomic E-state index is 0.0805. The van der Waals surface area contributed by atoms with Crippen LogP contribution in [-0.2, 0) is 23.1 Å². The van der Waals surface area contributed by atoms with Gasteiger partial charge < -0.3 is 24.4 Å². The summed E-state index contributed by atoms with van der Waals surface area (Å²) in [4.78, 5) is 28.8. The zero-order valence-corrected chi connectivity index (χ0v) is 18.4. The first-order valence-corrected chi connectivity index (χ1v) is 10.1. The van der Waals surface area contributed by atoms with Crippen molar-refractivity contribution in [1.82, 2.24) is 14.4 Å². The highest BCUT2D eigenvalue weighted by molar-refractivity contribution is 5.92. The Morgan fingerprint density at radius 3 is 2.52 bits per heavy atom. The van der Waals surface area contributed by atoms with Crippen LogP contribution in [0.3, 0.4) is 0 Å². The third-order valence-electron chi connectivity index (χ3n) is 4.69. The number of rotatable bonds is 10. The third kappa shape index (κ3) is 7.36. The predicted molar refractivity (Wildman–Crippen MR) is 114 cm³/mol. The second-order valence-corrected chi connectivity index (χ2v) is 7.75. The fraction of sp³-hybridized carbons (Fsp3) is 0.455. The van der Waals surface area contributed by atoms with Crippen LogP contribution in [0.25, 0.3) is 0 Å². The van der Waals surface area contributed by atoms with E-state index in [0.717, 1.165) is 17.8 Å². The number of anilines is 1. The maximum Gasteiger partial charge on any atom is 0.322 e. The van der Waals surface area contributed by atoms with E-state index in [0.29, 0.717) is 32.3 Å². The molecule has 3 amide bonds. The molecule has 7 nitrogen and oxygen atoms in total. The summed E-state index contributed by atoms with van der Waals surface area (Å²) >= 11 is 0. The van der Waals surface area contributed by atoms with E-state index in [-0.39, 0.29) is 24.1 Å². The van der Waals surface area contributed by atoms with Crippen LogP contribution in [0.1, 0.15) is 19.5 Å². The number of aryl methyl sites for hydroxylation is 1. The van der Waals surface area contributed by atoms with E-state index in [4.69, 9.17) is 4.74 Å². The molecule has 2 rings (SSSR count). The maximum atomic E-state index is 14.0. The molecular weight excluding hydrogens is 406 g/mol. The van der Waals surface area contributed by atoms with Crippen molar-refractivity contribution in [3.05, 3.63) is 53.9 Å². The van der Waals surface area contributed by atoms with E-state index in [9.17, 15) is 18.4 Å². The lowest BCUT2D eigenvalue weighted by atomic mass is 10.2. The molecule has 0 saturated heterocycles. The molecule has 0 saturated carbocycles. The number of ether oxygens (including phenoxy) is 1. The van der Waals surface area contributed by atoms with Crippen LogP contribution < -0.4 is 5.32 Å². The molecule has 1 heterocycles. The summed E-state index contributed by atoms with van der Waals surface area (Å²) in [5.74, 6) is -1.79. The number of halogens is 2. The average Bonchev–Trinajstić information content (AvgIpc) is 3.10. The van der Waals surface area contributed by atoms with Gasteiger partial charge in [0.15, 0.2) is 0 Å². The van der Waals surface area contributed by atoms with Gasteiger partial charge in [-0.15, -0.1) is 0 Å². The summed E-state index contributed by atoms with van der Waals surface area (Å²) in [7, 11) is 3.45. The first kappa shape index (κ1) is 24.3. The lowest BCUT2D eigenvalue weighted by Gasteiger charge is -2.29. The second-order valence-electron chi connectivity index (χ2n) is 7.75. The molecule has 0 aliphatic heterocycles. The Bertz CT molecular complexity index is 885. The molecule has 0 fully saturated rings. The monoisotopic (exact) mass is 436 g/mol. The van der Waals surface area contributed by atoms with E-state index >= 15 is 0 Å². The Balaban J connectivity index is 2.14. The normalized spacial score (nSPS) is 10.9. The Labute approximate surface area is 181 Å². The Morgan fingerprint density at radius 2 is 1.94 bits per heavy atom. The number of hydrogen-bond donors (Lipinski definition) is 1. The van der Waals surface area contributed by atoms with Crippen LogP contribution in [-0.4, -0.2) is 59.7 Å². The number of nitrogens with zero attached hydrogens (tertiary/aromatic N) is 3. The number of methoxy groups -OCH3 is 1. The SMILES string of the molecule is COCCN(Cc1cccn1C)C(=O)CN(CC(C)C)C(=O)Nc1ccc(F)cc1F. The molecule has 1 aromatic carbocycles. The van der Waals surface area contributed by atoms with Gasteiger partial charge >= 0.3 is 6.03 Å². The molecule has 31 heavy (non-hydrogen) atoms. The maximum absolute atomic E-state index is 14.0. The number of benzene rings is 1. The van der Waals surface area contributed by atoms with E-state index in [1.165, 1.54) is 4.90 Å². The molecule has 9 heteroatoms. The van der Waals surface area contributed by atoms with E-state index in [2.05, 4.69) is 5.32 Å². The van der Waals surface area contributed by atoms with Crippen molar-refractivity contribution in [3.8, 4) is 0 Å². The van der Waals surface area contributed by atoms with Crippen LogP contribution in [0.5, 0.6) is 0 Å². The summed E-state index contributed by atoms with van der Waals surface area (Å²) in [5.41, 5.74) is 0.797. The van der Waals surface area contributed by atoms with Crippen molar-refractivity contribution >= 4 is 17.6 Å². The van der Waals surface area contributed by atoms with Crippen molar-refractivity contribution in [2.24, 2.45) is 13.0 Å². The standard InChI is InChI=1S/C22H30F2N4O3/c1-16(2)13-28(22(30)25-20-8-7-17(23)12-19(20)24)15-21(29)27(10-11-31-4)14-18-6-5-9-26(18)3/h5-9,12,16H,10-11,13-15H2,1-4H3,(H,25,30). The first-order chi connectivity index (χ1) is 14.7. The highest BCUT2D eigenvalue weighted by Crippen LogP contribution is 2.16. The molecule has 170 valence electrons. The van der Waals surface area contributed by atoms with E-state index in [1.807, 2.05) is 43.8 Å². The van der Waals surface area contributed by atoms with E-state index < -0.39 is 17.7 Å². The fourth-order valence-electron chi connectivity index (χ4n) is 3.06. The van der Waals surface area contributed by atoms with Gasteiger partial charge in [0.25, 0.3) is 0 Å². The number of nitrogens with one attached hydrogen (secondary N) is 1. The number of aromatic nitrogens is 1. The molecule has 0 bridgehead atoms. The molecular formula is C22H30F2N4O3. The van der Waals surface area contributed by atoms with Crippen molar-refractivity contribution in [2.45, 2.75) is 20.4 Å². The van der Waals surface area contributed by atoms with Crippen LogP contribution in [0, 0.1) is 17.6 Å². The molecule has 1 aromatic heterocycles. The van der Waals surface area contributed by atoms with Crippen molar-refractivity contribution in [2.75, 3.05) is 38.7 Å². The molecule has 1 N–H and O–H groups in total. The van der Waals surface area contributed by atoms with Gasteiger partial charge in [-0.05, 0) is 30.2 Å². The number of hydrogen-bond acceptors (Lipinski definition) is 3. The highest BCUT2D eigenvalue weighted by Gasteiger charge is 2.23. The zero-order valence-electron chi connectivity index (χ0n) is 18.4. The lowest BCUT2D eigenvalue weighted by molar-refractivity contribution is -0.133. The van der Waals surface area contributed by atoms with Crippen LogP contribution in [0.15, 0.2) is 36.5 Å². The average molecular weight is 437 g/mol. The van der Waals surface area contributed by atoms with Crippen LogP contribution in [0.2, 0.25) is 0 Å². The van der Waals surface area contributed by atoms with Gasteiger partial charge in [-0.25, -0.2) is 13.6 Å². The molecule has 0 unspecified atom stereocenters. The summed E-state index contributed by atoms with van der Waals surface area (Å²) < 4.78 is 34.1. The molecule has 0 aliphatic rings. The topological polar surface area (TPSA) is 66.8 Å². The zero-order chi connectivity index (χ0) is 23.0.